The molecule has 0 fully saturated rings. The van der Waals surface area contributed by atoms with Gasteiger partial charge in [0.1, 0.15) is 17.4 Å². The highest BCUT2D eigenvalue weighted by molar-refractivity contribution is 5.67. The molecule has 0 aromatic heterocycles. The summed E-state index contributed by atoms with van der Waals surface area (Å²) in [6, 6.07) is 5.74. The maximum Gasteiger partial charge on any atom is 0.306 e. The van der Waals surface area contributed by atoms with Gasteiger partial charge in [0, 0.05) is 6.54 Å². The fourth-order valence-corrected chi connectivity index (χ4v) is 1.29. The van der Waals surface area contributed by atoms with Gasteiger partial charge in [-0.15, -0.1) is 0 Å². The normalized spacial score (nSPS) is 11.6. The Kier molecular flexibility index (Phi) is 4.43. The predicted molar refractivity (Wildman–Crippen MR) is 57.9 cm³/mol. The van der Waals surface area contributed by atoms with Gasteiger partial charge in [0.25, 0.3) is 0 Å². The van der Waals surface area contributed by atoms with E-state index in [-0.39, 0.29) is 17.8 Å². The molecule has 1 unspecified atom stereocenters. The molecule has 1 aromatic rings. The predicted octanol–water partition coefficient (Wildman–Crippen LogP) is 0.945. The third-order valence-corrected chi connectivity index (χ3v) is 2.06. The number of hydrogen-bond donors (Lipinski definition) is 3. The van der Waals surface area contributed by atoms with Gasteiger partial charge in [-0.2, -0.15) is 5.26 Å². The number of aliphatic hydroxyl groups is 1. The maximum atomic E-state index is 13.2. The molecule has 1 rings (SSSR count). The van der Waals surface area contributed by atoms with E-state index < -0.39 is 24.3 Å². The Morgan fingerprint density at radius 1 is 1.59 bits per heavy atom. The summed E-state index contributed by atoms with van der Waals surface area (Å²) in [5, 5.41) is 29.1. The third-order valence-electron chi connectivity index (χ3n) is 2.06. The van der Waals surface area contributed by atoms with Crippen molar-refractivity contribution in [3.63, 3.8) is 0 Å². The fraction of sp³-hybridized carbons (Fsp3) is 0.273. The van der Waals surface area contributed by atoms with E-state index in [9.17, 15) is 14.3 Å². The average molecular weight is 238 g/mol. The Hall–Kier alpha value is -2.13. The van der Waals surface area contributed by atoms with Gasteiger partial charge in [0.2, 0.25) is 0 Å². The first-order chi connectivity index (χ1) is 8.04. The molecule has 1 atom stereocenters. The van der Waals surface area contributed by atoms with Crippen LogP contribution in [0, 0.1) is 17.1 Å². The monoisotopic (exact) mass is 238 g/mol. The largest absolute Gasteiger partial charge is 0.481 e. The lowest BCUT2D eigenvalue weighted by molar-refractivity contribution is -0.138. The molecule has 3 N–H and O–H groups in total. The third kappa shape index (κ3) is 3.74. The second-order valence-corrected chi connectivity index (χ2v) is 3.41. The van der Waals surface area contributed by atoms with Gasteiger partial charge in [-0.3, -0.25) is 4.79 Å². The minimum absolute atomic E-state index is 0.0650. The highest BCUT2D eigenvalue weighted by atomic mass is 19.1. The second-order valence-electron chi connectivity index (χ2n) is 3.41. The van der Waals surface area contributed by atoms with Crippen LogP contribution < -0.4 is 5.32 Å². The summed E-state index contributed by atoms with van der Waals surface area (Å²) in [5.74, 6) is -1.79. The number of hydrogen-bond acceptors (Lipinski definition) is 4. The molecule has 0 radical (unpaired) electrons. The number of halogens is 1. The van der Waals surface area contributed by atoms with Gasteiger partial charge in [0.05, 0.1) is 18.2 Å². The minimum atomic E-state index is -1.13. The van der Waals surface area contributed by atoms with E-state index in [1.165, 1.54) is 12.1 Å². The van der Waals surface area contributed by atoms with Crippen LogP contribution in [0.2, 0.25) is 0 Å². The molecule has 0 aliphatic rings. The first kappa shape index (κ1) is 12.9. The van der Waals surface area contributed by atoms with Crippen LogP contribution in [0.25, 0.3) is 0 Å². The van der Waals surface area contributed by atoms with E-state index in [4.69, 9.17) is 10.4 Å². The molecule has 90 valence electrons. The van der Waals surface area contributed by atoms with Crippen LogP contribution in [0.3, 0.4) is 0 Å². The number of nitrogens with one attached hydrogen (secondary N) is 1. The van der Waals surface area contributed by atoms with Crippen molar-refractivity contribution >= 4 is 11.7 Å². The summed E-state index contributed by atoms with van der Waals surface area (Å²) in [6.07, 6.45) is -1.51. The standard InChI is InChI=1S/C11H11FN2O3/c12-9-2-1-3-10(8(9)5-13)14-6-7(15)4-11(16)17/h1-3,7,14-15H,4,6H2,(H,16,17). The van der Waals surface area contributed by atoms with Crippen LogP contribution in [-0.4, -0.2) is 28.8 Å². The molecule has 0 amide bonds. The van der Waals surface area contributed by atoms with Gasteiger partial charge in [-0.1, -0.05) is 6.07 Å². The number of carbonyl (C=O) groups is 1. The van der Waals surface area contributed by atoms with E-state index in [1.54, 1.807) is 6.07 Å². The maximum absolute atomic E-state index is 13.2. The van der Waals surface area contributed by atoms with Crippen molar-refractivity contribution in [2.24, 2.45) is 0 Å². The summed E-state index contributed by atoms with van der Waals surface area (Å²) in [5.41, 5.74) is 0.0759. The molecule has 5 nitrogen and oxygen atoms in total. The fourth-order valence-electron chi connectivity index (χ4n) is 1.29. The number of rotatable bonds is 5. The number of benzene rings is 1. The topological polar surface area (TPSA) is 93.4 Å². The van der Waals surface area contributed by atoms with Crippen LogP contribution in [0.4, 0.5) is 10.1 Å². The lowest BCUT2D eigenvalue weighted by atomic mass is 10.1. The van der Waals surface area contributed by atoms with Crippen LogP contribution in [-0.2, 0) is 4.79 Å². The molecule has 1 aromatic carbocycles. The highest BCUT2D eigenvalue weighted by Gasteiger charge is 2.11. The van der Waals surface area contributed by atoms with Gasteiger partial charge >= 0.3 is 5.97 Å². The molecule has 0 spiro atoms. The van der Waals surface area contributed by atoms with E-state index >= 15 is 0 Å². The SMILES string of the molecule is N#Cc1c(F)cccc1NCC(O)CC(=O)O. The molecule has 0 bridgehead atoms. The highest BCUT2D eigenvalue weighted by Crippen LogP contribution is 2.17. The lowest BCUT2D eigenvalue weighted by Gasteiger charge is -2.12. The van der Waals surface area contributed by atoms with Crippen molar-refractivity contribution in [3.8, 4) is 6.07 Å². The summed E-state index contributed by atoms with van der Waals surface area (Å²) in [6.45, 7) is -0.0650. The molecular formula is C11H11FN2O3. The Morgan fingerprint density at radius 3 is 2.88 bits per heavy atom. The zero-order valence-electron chi connectivity index (χ0n) is 8.85. The number of nitriles is 1. The van der Waals surface area contributed by atoms with E-state index in [1.807, 2.05) is 0 Å². The Bertz CT molecular complexity index is 457. The first-order valence-electron chi connectivity index (χ1n) is 4.87. The van der Waals surface area contributed by atoms with Gasteiger partial charge in [0.15, 0.2) is 0 Å². The number of carboxylic acid groups (broad SMARTS) is 1. The summed E-state index contributed by atoms with van der Waals surface area (Å²) >= 11 is 0. The van der Waals surface area contributed by atoms with Crippen LogP contribution in [0.5, 0.6) is 0 Å². The molecule has 6 heteroatoms. The molecule has 0 aliphatic heterocycles. The summed E-state index contributed by atoms with van der Waals surface area (Å²) in [7, 11) is 0. The molecule has 0 heterocycles. The van der Waals surface area contributed by atoms with Crippen molar-refractivity contribution in [2.45, 2.75) is 12.5 Å². The quantitative estimate of drug-likeness (QED) is 0.710. The number of carboxylic acids is 1. The van der Waals surface area contributed by atoms with Crippen molar-refractivity contribution in [1.82, 2.24) is 0 Å². The molecular weight excluding hydrogens is 227 g/mol. The number of aliphatic hydroxyl groups excluding tert-OH is 1. The molecule has 0 saturated heterocycles. The van der Waals surface area contributed by atoms with Gasteiger partial charge < -0.3 is 15.5 Å². The molecule has 0 aliphatic carbocycles. The minimum Gasteiger partial charge on any atom is -0.481 e. The summed E-state index contributed by atoms with van der Waals surface area (Å²) in [4.78, 5) is 10.3. The first-order valence-corrected chi connectivity index (χ1v) is 4.87. The van der Waals surface area contributed by atoms with Crippen LogP contribution >= 0.6 is 0 Å². The van der Waals surface area contributed by atoms with Crippen molar-refractivity contribution in [1.29, 1.82) is 5.26 Å². The number of anilines is 1. The van der Waals surface area contributed by atoms with Gasteiger partial charge in [-0.05, 0) is 12.1 Å². The van der Waals surface area contributed by atoms with Crippen LogP contribution in [0.15, 0.2) is 18.2 Å². The molecule has 0 saturated carbocycles. The summed E-state index contributed by atoms with van der Waals surface area (Å²) < 4.78 is 13.2. The zero-order chi connectivity index (χ0) is 12.8. The average Bonchev–Trinajstić information content (AvgIpc) is 2.25. The van der Waals surface area contributed by atoms with E-state index in [0.717, 1.165) is 6.07 Å². The zero-order valence-corrected chi connectivity index (χ0v) is 8.85. The Balaban J connectivity index is 2.67. The van der Waals surface area contributed by atoms with Gasteiger partial charge in [-0.25, -0.2) is 4.39 Å². The van der Waals surface area contributed by atoms with E-state index in [0.29, 0.717) is 0 Å². The molecule has 17 heavy (non-hydrogen) atoms. The number of aliphatic carboxylic acids is 1. The second kappa shape index (κ2) is 5.82. The van der Waals surface area contributed by atoms with Crippen molar-refractivity contribution in [3.05, 3.63) is 29.6 Å². The smallest absolute Gasteiger partial charge is 0.306 e. The number of nitrogens with zero attached hydrogens (tertiary/aromatic N) is 1. The van der Waals surface area contributed by atoms with E-state index in [2.05, 4.69) is 5.32 Å². The van der Waals surface area contributed by atoms with Crippen molar-refractivity contribution < 1.29 is 19.4 Å². The lowest BCUT2D eigenvalue weighted by Crippen LogP contribution is -2.23. The van der Waals surface area contributed by atoms with Crippen LogP contribution in [0.1, 0.15) is 12.0 Å². The Labute approximate surface area is 97.1 Å². The Morgan fingerprint density at radius 2 is 2.29 bits per heavy atom. The van der Waals surface area contributed by atoms with Crippen molar-refractivity contribution in [2.75, 3.05) is 11.9 Å².